The van der Waals surface area contributed by atoms with Gasteiger partial charge in [-0.1, -0.05) is 60.7 Å². The first-order valence-corrected chi connectivity index (χ1v) is 14.5. The summed E-state index contributed by atoms with van der Waals surface area (Å²) in [6.07, 6.45) is -0.387. The Morgan fingerprint density at radius 3 is 1.36 bits per heavy atom. The van der Waals surface area contributed by atoms with Crippen LogP contribution in [-0.2, 0) is 11.2 Å². The lowest BCUT2D eigenvalue weighted by Crippen LogP contribution is -2.17. The van der Waals surface area contributed by atoms with Gasteiger partial charge < -0.3 is 23.7 Å². The fraction of sp³-hybridized carbons (Fsp3) is 0.278. The van der Waals surface area contributed by atoms with Crippen LogP contribution in [0.15, 0.2) is 60.7 Å². The maximum atomic E-state index is 14.2. The number of hydrogen-bond donors (Lipinski definition) is 0. The van der Waals surface area contributed by atoms with Crippen molar-refractivity contribution in [3.05, 3.63) is 116 Å². The Labute approximate surface area is 263 Å². The molecule has 0 aliphatic carbocycles. The summed E-state index contributed by atoms with van der Waals surface area (Å²) in [6.45, 7) is 7.28. The Morgan fingerprint density at radius 1 is 0.591 bits per heavy atom. The van der Waals surface area contributed by atoms with Crippen molar-refractivity contribution in [3.8, 4) is 23.0 Å². The van der Waals surface area contributed by atoms with E-state index in [1.165, 1.54) is 14.2 Å². The molecule has 4 aromatic carbocycles. The van der Waals surface area contributed by atoms with Crippen molar-refractivity contribution in [3.63, 3.8) is 0 Å². The predicted molar refractivity (Wildman–Crippen MR) is 171 cm³/mol. The number of esters is 1. The first kappa shape index (κ1) is 32.4. The van der Waals surface area contributed by atoms with Crippen molar-refractivity contribution in [1.29, 1.82) is 0 Å². The second kappa shape index (κ2) is 13.9. The van der Waals surface area contributed by atoms with Crippen molar-refractivity contribution in [2.75, 3.05) is 28.4 Å². The lowest BCUT2D eigenvalue weighted by atomic mass is 9.87. The molecule has 230 valence electrons. The smallest absolute Gasteiger partial charge is 0.343 e. The Bertz CT molecular complexity index is 1640. The van der Waals surface area contributed by atoms with E-state index in [0.29, 0.717) is 56.4 Å². The van der Waals surface area contributed by atoms with Gasteiger partial charge in [0, 0.05) is 28.7 Å². The molecule has 0 radical (unpaired) electrons. The Balaban J connectivity index is 1.92. The zero-order chi connectivity index (χ0) is 32.1. The SMILES string of the molecule is COc1c(C)c(OC)c(C(=O)Cl)c(C)c1Cc1c(C)c(C(=O)OC(c2ccccc2)c2ccccc2)c(OC)c(C)c1OC. The van der Waals surface area contributed by atoms with Crippen molar-refractivity contribution >= 4 is 22.8 Å². The number of hydrogen-bond acceptors (Lipinski definition) is 7. The van der Waals surface area contributed by atoms with Crippen LogP contribution in [0.25, 0.3) is 0 Å². The molecule has 0 amide bonds. The fourth-order valence-corrected chi connectivity index (χ4v) is 6.14. The topological polar surface area (TPSA) is 80.3 Å². The molecular formula is C36H37ClO7. The fourth-order valence-electron chi connectivity index (χ4n) is 5.91. The number of methoxy groups -OCH3 is 4. The molecule has 7 nitrogen and oxygen atoms in total. The average Bonchev–Trinajstić information content (AvgIpc) is 3.03. The first-order valence-electron chi connectivity index (χ1n) is 14.1. The highest BCUT2D eigenvalue weighted by molar-refractivity contribution is 6.68. The van der Waals surface area contributed by atoms with Crippen LogP contribution in [0, 0.1) is 27.7 Å². The number of halogens is 1. The normalized spacial score (nSPS) is 10.9. The molecule has 0 fully saturated rings. The molecule has 0 heterocycles. The van der Waals surface area contributed by atoms with Gasteiger partial charge in [0.05, 0.1) is 34.0 Å². The van der Waals surface area contributed by atoms with E-state index in [-0.39, 0.29) is 17.5 Å². The number of carbonyl (C=O) groups excluding carboxylic acids is 2. The zero-order valence-corrected chi connectivity index (χ0v) is 27.0. The molecule has 4 rings (SSSR count). The van der Waals surface area contributed by atoms with E-state index in [0.717, 1.165) is 11.1 Å². The van der Waals surface area contributed by atoms with Gasteiger partial charge in [-0.05, 0) is 61.5 Å². The average molecular weight is 617 g/mol. The molecule has 0 aliphatic heterocycles. The Morgan fingerprint density at radius 2 is 0.977 bits per heavy atom. The molecule has 0 aliphatic rings. The number of ether oxygens (including phenoxy) is 5. The van der Waals surface area contributed by atoms with Gasteiger partial charge in [0.25, 0.3) is 5.24 Å². The van der Waals surface area contributed by atoms with Gasteiger partial charge in [0.1, 0.15) is 28.6 Å². The highest BCUT2D eigenvalue weighted by atomic mass is 35.5. The molecular weight excluding hydrogens is 580 g/mol. The van der Waals surface area contributed by atoms with Gasteiger partial charge in [-0.25, -0.2) is 4.79 Å². The molecule has 0 unspecified atom stereocenters. The molecule has 0 bridgehead atoms. The van der Waals surface area contributed by atoms with Crippen LogP contribution in [0.3, 0.4) is 0 Å². The summed E-state index contributed by atoms with van der Waals surface area (Å²) < 4.78 is 29.4. The molecule has 0 atom stereocenters. The van der Waals surface area contributed by atoms with Gasteiger partial charge in [-0.2, -0.15) is 0 Å². The molecule has 0 aromatic heterocycles. The van der Waals surface area contributed by atoms with Crippen molar-refractivity contribution < 1.29 is 33.3 Å². The monoisotopic (exact) mass is 616 g/mol. The highest BCUT2D eigenvalue weighted by Crippen LogP contribution is 2.45. The zero-order valence-electron chi connectivity index (χ0n) is 26.3. The van der Waals surface area contributed by atoms with E-state index in [1.54, 1.807) is 21.1 Å². The summed E-state index contributed by atoms with van der Waals surface area (Å²) in [5.41, 5.74) is 6.14. The number of carbonyl (C=O) groups is 2. The Hall–Kier alpha value is -4.49. The van der Waals surface area contributed by atoms with Crippen molar-refractivity contribution in [2.45, 2.75) is 40.2 Å². The van der Waals surface area contributed by atoms with E-state index in [4.69, 9.17) is 35.3 Å². The molecule has 0 saturated heterocycles. The molecule has 8 heteroatoms. The second-order valence-corrected chi connectivity index (χ2v) is 10.7. The van der Waals surface area contributed by atoms with Crippen LogP contribution in [0.4, 0.5) is 0 Å². The third kappa shape index (κ3) is 5.97. The molecule has 44 heavy (non-hydrogen) atoms. The summed E-state index contributed by atoms with van der Waals surface area (Å²) in [6, 6.07) is 19.2. The van der Waals surface area contributed by atoms with Gasteiger partial charge in [0.15, 0.2) is 6.10 Å². The lowest BCUT2D eigenvalue weighted by molar-refractivity contribution is 0.0373. The first-order chi connectivity index (χ1) is 21.1. The van der Waals surface area contributed by atoms with Gasteiger partial charge >= 0.3 is 5.97 Å². The summed E-state index contributed by atoms with van der Waals surface area (Å²) in [4.78, 5) is 26.7. The predicted octanol–water partition coefficient (Wildman–Crippen LogP) is 7.87. The quantitative estimate of drug-likeness (QED) is 0.125. The van der Waals surface area contributed by atoms with Crippen LogP contribution in [0.2, 0.25) is 0 Å². The van der Waals surface area contributed by atoms with Crippen molar-refractivity contribution in [1.82, 2.24) is 0 Å². The van der Waals surface area contributed by atoms with E-state index >= 15 is 0 Å². The minimum absolute atomic E-state index is 0.262. The second-order valence-electron chi connectivity index (χ2n) is 10.4. The van der Waals surface area contributed by atoms with Crippen LogP contribution < -0.4 is 18.9 Å². The van der Waals surface area contributed by atoms with Crippen LogP contribution in [-0.4, -0.2) is 39.7 Å². The summed E-state index contributed by atoms with van der Waals surface area (Å²) >= 11 is 6.04. The summed E-state index contributed by atoms with van der Waals surface area (Å²) in [5.74, 6) is 1.27. The third-order valence-electron chi connectivity index (χ3n) is 8.02. The maximum absolute atomic E-state index is 14.2. The highest BCUT2D eigenvalue weighted by Gasteiger charge is 2.31. The van der Waals surface area contributed by atoms with Crippen molar-refractivity contribution in [2.24, 2.45) is 0 Å². The minimum atomic E-state index is -0.649. The largest absolute Gasteiger partial charge is 0.496 e. The molecule has 0 spiro atoms. The van der Waals surface area contributed by atoms with Gasteiger partial charge in [-0.15, -0.1) is 0 Å². The molecule has 0 saturated carbocycles. The van der Waals surface area contributed by atoms with Crippen LogP contribution in [0.5, 0.6) is 23.0 Å². The van der Waals surface area contributed by atoms with Gasteiger partial charge in [0.2, 0.25) is 0 Å². The Kier molecular flexibility index (Phi) is 10.2. The van der Waals surface area contributed by atoms with Crippen LogP contribution in [0.1, 0.15) is 71.3 Å². The van der Waals surface area contributed by atoms with Gasteiger partial charge in [-0.3, -0.25) is 4.79 Å². The van der Waals surface area contributed by atoms with Crippen LogP contribution >= 0.6 is 11.6 Å². The van der Waals surface area contributed by atoms with E-state index < -0.39 is 17.3 Å². The lowest BCUT2D eigenvalue weighted by Gasteiger charge is -2.25. The molecule has 4 aromatic rings. The van der Waals surface area contributed by atoms with E-state index in [2.05, 4.69) is 0 Å². The maximum Gasteiger partial charge on any atom is 0.343 e. The molecule has 0 N–H and O–H groups in total. The summed E-state index contributed by atoms with van der Waals surface area (Å²) in [5, 5.41) is -0.641. The van der Waals surface area contributed by atoms with E-state index in [1.807, 2.05) is 81.4 Å². The number of rotatable bonds is 11. The summed E-state index contributed by atoms with van der Waals surface area (Å²) in [7, 11) is 6.13. The minimum Gasteiger partial charge on any atom is -0.496 e. The van der Waals surface area contributed by atoms with E-state index in [9.17, 15) is 9.59 Å². The standard InChI is InChI=1S/C36H37ClO7/c1-20-26(30(40-5)22(3)32(42-7)28(20)35(37)38)19-27-21(2)29(33(43-8)23(4)31(27)41-6)36(39)44-34(24-15-11-9-12-16-24)25-17-13-10-14-18-25/h9-18,34H,19H2,1-8H3. The number of benzene rings is 4. The third-order valence-corrected chi connectivity index (χ3v) is 8.21.